The van der Waals surface area contributed by atoms with Gasteiger partial charge in [-0.05, 0) is 105 Å². The molecule has 0 bridgehead atoms. The van der Waals surface area contributed by atoms with Crippen molar-refractivity contribution in [3.63, 3.8) is 0 Å². The van der Waals surface area contributed by atoms with Gasteiger partial charge in [0.2, 0.25) is 0 Å². The van der Waals surface area contributed by atoms with Crippen LogP contribution in [0.25, 0.3) is 0 Å². The van der Waals surface area contributed by atoms with Crippen molar-refractivity contribution in [2.75, 3.05) is 0 Å². The Hall–Kier alpha value is -0.0800. The fraction of sp³-hybridized carbons (Fsp3) is 1.00. The lowest BCUT2D eigenvalue weighted by Gasteiger charge is -2.61. The van der Waals surface area contributed by atoms with Gasteiger partial charge in [0, 0.05) is 0 Å². The van der Waals surface area contributed by atoms with Crippen LogP contribution in [0.15, 0.2) is 0 Å². The quantitative estimate of drug-likeness (QED) is 0.702. The van der Waals surface area contributed by atoms with E-state index in [9.17, 15) is 10.2 Å². The van der Waals surface area contributed by atoms with Crippen LogP contribution in [-0.2, 0) is 0 Å². The van der Waals surface area contributed by atoms with Crippen LogP contribution in [0, 0.1) is 40.4 Å². The molecule has 0 aliphatic heterocycles. The number of fused-ring (bicyclic) bond motifs is 5. The Labute approximate surface area is 142 Å². The number of rotatable bonds is 1. The summed E-state index contributed by atoms with van der Waals surface area (Å²) in [6.07, 6.45) is 11.1. The van der Waals surface area contributed by atoms with Crippen LogP contribution in [0.1, 0.15) is 78.6 Å². The summed E-state index contributed by atoms with van der Waals surface area (Å²) in [6, 6.07) is 0. The molecule has 0 amide bonds. The second kappa shape index (κ2) is 5.46. The second-order valence-electron chi connectivity index (χ2n) is 10.1. The molecule has 4 aliphatic carbocycles. The van der Waals surface area contributed by atoms with Gasteiger partial charge in [-0.2, -0.15) is 0 Å². The predicted molar refractivity (Wildman–Crippen MR) is 92.9 cm³/mol. The molecule has 2 heteroatoms. The average Bonchev–Trinajstić information content (AvgIpc) is 2.85. The van der Waals surface area contributed by atoms with Gasteiger partial charge in [0.25, 0.3) is 0 Å². The Balaban J connectivity index is 1.60. The third kappa shape index (κ3) is 2.27. The topological polar surface area (TPSA) is 40.5 Å². The van der Waals surface area contributed by atoms with E-state index in [1.165, 1.54) is 44.9 Å². The van der Waals surface area contributed by atoms with E-state index >= 15 is 0 Å². The molecule has 4 aliphatic rings. The van der Waals surface area contributed by atoms with Crippen molar-refractivity contribution >= 4 is 0 Å². The maximum absolute atomic E-state index is 10.3. The molecule has 0 heterocycles. The lowest BCUT2D eigenvalue weighted by Crippen LogP contribution is -2.54. The van der Waals surface area contributed by atoms with Crippen molar-refractivity contribution < 1.29 is 10.2 Å². The van der Waals surface area contributed by atoms with E-state index in [1.54, 1.807) is 0 Å². The molecule has 2 N–H and O–H groups in total. The van der Waals surface area contributed by atoms with Crippen molar-refractivity contribution in [3.8, 4) is 0 Å². The van der Waals surface area contributed by atoms with Crippen LogP contribution in [0.4, 0.5) is 0 Å². The largest absolute Gasteiger partial charge is 0.393 e. The highest BCUT2D eigenvalue weighted by Crippen LogP contribution is 2.67. The Morgan fingerprint density at radius 3 is 2.30 bits per heavy atom. The van der Waals surface area contributed by atoms with Crippen molar-refractivity contribution in [2.45, 2.75) is 90.8 Å². The summed E-state index contributed by atoms with van der Waals surface area (Å²) in [5, 5.41) is 20.4. The van der Waals surface area contributed by atoms with Crippen LogP contribution in [-0.4, -0.2) is 22.4 Å². The summed E-state index contributed by atoms with van der Waals surface area (Å²) in [5.41, 5.74) is 0.860. The molecule has 2 nitrogen and oxygen atoms in total. The number of aliphatic hydroxyl groups is 2. The second-order valence-corrected chi connectivity index (χ2v) is 10.1. The lowest BCUT2D eigenvalue weighted by molar-refractivity contribution is -0.132. The van der Waals surface area contributed by atoms with Crippen LogP contribution >= 0.6 is 0 Å². The zero-order chi connectivity index (χ0) is 16.4. The van der Waals surface area contributed by atoms with Gasteiger partial charge in [-0.15, -0.1) is 0 Å². The van der Waals surface area contributed by atoms with E-state index < -0.39 is 0 Å². The maximum atomic E-state index is 10.3. The van der Waals surface area contributed by atoms with Gasteiger partial charge in [-0.25, -0.2) is 0 Å². The van der Waals surface area contributed by atoms with Gasteiger partial charge in [-0.3, -0.25) is 0 Å². The summed E-state index contributed by atoms with van der Waals surface area (Å²) in [4.78, 5) is 0. The highest BCUT2D eigenvalue weighted by Gasteiger charge is 2.60. The Morgan fingerprint density at radius 2 is 1.57 bits per heavy atom. The van der Waals surface area contributed by atoms with Crippen LogP contribution < -0.4 is 0 Å². The van der Waals surface area contributed by atoms with Gasteiger partial charge in [0.05, 0.1) is 12.2 Å². The fourth-order valence-corrected chi connectivity index (χ4v) is 8.07. The minimum Gasteiger partial charge on any atom is -0.393 e. The Morgan fingerprint density at radius 1 is 0.870 bits per heavy atom. The Kier molecular flexibility index (Phi) is 3.89. The SMILES string of the molecule is C[C@]12C[13CH2][13CH](O)[13CH2][C@H]1CC[C@@H]1[C@@H]2CC[C@]2(C)[C@@H]([13CH]([13CH3])O)CC[C@@H]12. The average molecular weight is 325 g/mol. The van der Waals surface area contributed by atoms with Gasteiger partial charge in [-0.1, -0.05) is 13.8 Å². The molecule has 2 unspecified atom stereocenters. The first-order valence-corrected chi connectivity index (χ1v) is 10.2. The molecule has 132 valence electrons. The maximum Gasteiger partial charge on any atom is 0.0545 e. The minimum absolute atomic E-state index is 0.0374. The molecule has 0 radical (unpaired) electrons. The van der Waals surface area contributed by atoms with E-state index in [0.717, 1.165) is 36.5 Å². The molecular formula is C21H36O2. The zero-order valence-corrected chi connectivity index (χ0v) is 15.3. The van der Waals surface area contributed by atoms with Crippen molar-refractivity contribution in [3.05, 3.63) is 0 Å². The van der Waals surface area contributed by atoms with E-state index in [4.69, 9.17) is 0 Å². The minimum atomic E-state index is -0.140. The third-order valence-electron chi connectivity index (χ3n) is 9.29. The fourth-order valence-electron chi connectivity index (χ4n) is 8.07. The van der Waals surface area contributed by atoms with E-state index in [0.29, 0.717) is 16.7 Å². The molecule has 0 aromatic carbocycles. The van der Waals surface area contributed by atoms with Gasteiger partial charge < -0.3 is 10.2 Å². The van der Waals surface area contributed by atoms with E-state index in [-0.39, 0.29) is 12.2 Å². The van der Waals surface area contributed by atoms with Crippen molar-refractivity contribution in [1.29, 1.82) is 0 Å². The standard InChI is InChI=1S/C21H36O2/c1-13(22)17-6-7-18-16-5-4-14-12-15(23)8-10-20(14,2)19(16)9-11-21(17,18)3/h13-19,22-23H,4-12H2,1-3H3/t13?,14-,15?,16+,17-,18+,19+,20+,21-/m1/s1/i1+1,8+1,12+1,13+1,15+1. The first kappa shape index (κ1) is 16.4. The molecule has 0 saturated heterocycles. The van der Waals surface area contributed by atoms with Gasteiger partial charge in [0.1, 0.15) is 0 Å². The molecule has 4 rings (SSSR count). The Bertz CT molecular complexity index is 461. The number of hydrogen-bond acceptors (Lipinski definition) is 2. The highest BCUT2D eigenvalue weighted by atomic mass is 16.4. The number of hydrogen-bond donors (Lipinski definition) is 2. The summed E-state index contributed by atoms with van der Waals surface area (Å²) in [6.45, 7) is 7.08. The van der Waals surface area contributed by atoms with Crippen LogP contribution in [0.5, 0.6) is 0 Å². The van der Waals surface area contributed by atoms with E-state index in [1.807, 2.05) is 6.92 Å². The third-order valence-corrected chi connectivity index (χ3v) is 9.29. The number of aliphatic hydroxyl groups excluding tert-OH is 2. The molecule has 4 saturated carbocycles. The first-order chi connectivity index (χ1) is 10.9. The summed E-state index contributed by atoms with van der Waals surface area (Å²) < 4.78 is 0. The smallest absolute Gasteiger partial charge is 0.0545 e. The molecule has 4 fully saturated rings. The molecular weight excluding hydrogens is 289 g/mol. The summed E-state index contributed by atoms with van der Waals surface area (Å²) >= 11 is 0. The molecule has 0 spiro atoms. The molecule has 23 heavy (non-hydrogen) atoms. The van der Waals surface area contributed by atoms with E-state index in [2.05, 4.69) is 13.8 Å². The monoisotopic (exact) mass is 325 g/mol. The van der Waals surface area contributed by atoms with Gasteiger partial charge in [0.15, 0.2) is 0 Å². The van der Waals surface area contributed by atoms with Crippen LogP contribution in [0.3, 0.4) is 0 Å². The van der Waals surface area contributed by atoms with Gasteiger partial charge >= 0.3 is 0 Å². The van der Waals surface area contributed by atoms with Crippen LogP contribution in [0.2, 0.25) is 0 Å². The molecule has 9 atom stereocenters. The lowest BCUT2D eigenvalue weighted by atomic mass is 9.47. The van der Waals surface area contributed by atoms with Crippen molar-refractivity contribution in [1.82, 2.24) is 0 Å². The first-order valence-electron chi connectivity index (χ1n) is 10.2. The summed E-state index contributed by atoms with van der Waals surface area (Å²) in [5.74, 6) is 3.87. The summed E-state index contributed by atoms with van der Waals surface area (Å²) in [7, 11) is 0. The highest BCUT2D eigenvalue weighted by molar-refractivity contribution is 5.09. The molecule has 0 aromatic heterocycles. The normalized spacial score (nSPS) is 57.3. The van der Waals surface area contributed by atoms with Crippen molar-refractivity contribution in [2.24, 2.45) is 40.4 Å². The molecule has 0 aromatic rings. The predicted octanol–water partition coefficient (Wildman–Crippen LogP) is 4.39. The zero-order valence-electron chi connectivity index (χ0n) is 15.3.